The fourth-order valence-electron chi connectivity index (χ4n) is 3.55. The van der Waals surface area contributed by atoms with Gasteiger partial charge in [-0.2, -0.15) is 0 Å². The van der Waals surface area contributed by atoms with Crippen LogP contribution >= 0.6 is 23.2 Å². The quantitative estimate of drug-likeness (QED) is 0.257. The number of nitrogens with one attached hydrogen (secondary N) is 1. The molecule has 0 bridgehead atoms. The molecule has 2 rings (SSSR count). The summed E-state index contributed by atoms with van der Waals surface area (Å²) in [5.74, 6) is -0.777. The van der Waals surface area contributed by atoms with E-state index < -0.39 is 15.8 Å². The zero-order valence-corrected chi connectivity index (χ0v) is 21.0. The highest BCUT2D eigenvalue weighted by atomic mass is 35.5. The van der Waals surface area contributed by atoms with Gasteiger partial charge in [-0.15, -0.1) is 0 Å². The first kappa shape index (κ1) is 27.3. The summed E-state index contributed by atoms with van der Waals surface area (Å²) < 4.78 is 28.8. The Morgan fingerprint density at radius 3 is 2.24 bits per heavy atom. The number of rotatable bonds is 14. The summed E-state index contributed by atoms with van der Waals surface area (Å²) in [6.45, 7) is 1.80. The maximum Gasteiger partial charge on any atom is 0.241 e. The number of unbranched alkanes of at least 4 members (excludes halogenated alkanes) is 5. The standard InChI is InChI=1S/C24H30Cl2N2O4S/c1-17(10-6-4-2-3-5-7-13-23(27)29)28-33(31,32)22-15-14-18(25)16-20(22)24(30)19-11-8-9-12-21(19)26/h8-9,11-12,14-17,28H,2-7,10,13H2,1H3,(H2,27,29). The number of primary amides is 1. The van der Waals surface area contributed by atoms with Crippen molar-refractivity contribution in [3.63, 3.8) is 0 Å². The van der Waals surface area contributed by atoms with Crippen molar-refractivity contribution in [2.45, 2.75) is 69.2 Å². The number of sulfonamides is 1. The van der Waals surface area contributed by atoms with Crippen LogP contribution in [0.1, 0.15) is 74.2 Å². The first-order valence-electron chi connectivity index (χ1n) is 11.0. The number of carbonyl (C=O) groups excluding carboxylic acids is 2. The zero-order valence-electron chi connectivity index (χ0n) is 18.7. The van der Waals surface area contributed by atoms with Crippen molar-refractivity contribution in [2.75, 3.05) is 0 Å². The summed E-state index contributed by atoms with van der Waals surface area (Å²) >= 11 is 12.2. The predicted octanol–water partition coefficient (Wildman–Crippen LogP) is 5.50. The highest BCUT2D eigenvalue weighted by Gasteiger charge is 2.26. The van der Waals surface area contributed by atoms with Gasteiger partial charge in [0.05, 0.1) is 9.92 Å². The second-order valence-electron chi connectivity index (χ2n) is 8.10. The lowest BCUT2D eigenvalue weighted by atomic mass is 10.0. The number of amides is 1. The molecule has 0 fully saturated rings. The Morgan fingerprint density at radius 1 is 0.939 bits per heavy atom. The molecule has 1 amide bonds. The first-order chi connectivity index (χ1) is 15.6. The Bertz CT molecular complexity index is 1070. The van der Waals surface area contributed by atoms with Crippen molar-refractivity contribution >= 4 is 44.9 Å². The van der Waals surface area contributed by atoms with Crippen molar-refractivity contribution in [3.8, 4) is 0 Å². The molecule has 0 heterocycles. The van der Waals surface area contributed by atoms with Crippen LogP contribution in [-0.4, -0.2) is 26.2 Å². The van der Waals surface area contributed by atoms with Crippen molar-refractivity contribution in [2.24, 2.45) is 5.73 Å². The monoisotopic (exact) mass is 512 g/mol. The average Bonchev–Trinajstić information content (AvgIpc) is 2.74. The van der Waals surface area contributed by atoms with Crippen LogP contribution in [0.15, 0.2) is 47.4 Å². The topological polar surface area (TPSA) is 106 Å². The fraction of sp³-hybridized carbons (Fsp3) is 0.417. The number of hydrogen-bond donors (Lipinski definition) is 2. The van der Waals surface area contributed by atoms with Crippen molar-refractivity contribution in [1.29, 1.82) is 0 Å². The summed E-state index contributed by atoms with van der Waals surface area (Å²) in [4.78, 5) is 23.7. The molecule has 2 aromatic rings. The van der Waals surface area contributed by atoms with Gasteiger partial charge >= 0.3 is 0 Å². The molecule has 0 aromatic heterocycles. The van der Waals surface area contributed by atoms with E-state index >= 15 is 0 Å². The third-order valence-corrected chi connectivity index (χ3v) is 7.47. The number of hydrogen-bond acceptors (Lipinski definition) is 4. The van der Waals surface area contributed by atoms with E-state index in [1.807, 2.05) is 0 Å². The maximum atomic E-state index is 13.1. The smallest absolute Gasteiger partial charge is 0.241 e. The van der Waals surface area contributed by atoms with Crippen LogP contribution < -0.4 is 10.5 Å². The van der Waals surface area contributed by atoms with E-state index in [1.54, 1.807) is 31.2 Å². The van der Waals surface area contributed by atoms with E-state index in [9.17, 15) is 18.0 Å². The van der Waals surface area contributed by atoms with Gasteiger partial charge in [0.15, 0.2) is 5.78 Å². The molecule has 1 unspecified atom stereocenters. The van der Waals surface area contributed by atoms with E-state index in [0.717, 1.165) is 38.5 Å². The summed E-state index contributed by atoms with van der Waals surface area (Å²) in [7, 11) is -3.95. The summed E-state index contributed by atoms with van der Waals surface area (Å²) in [6, 6.07) is 10.3. The normalized spacial score (nSPS) is 12.5. The Morgan fingerprint density at radius 2 is 1.58 bits per heavy atom. The number of nitrogens with two attached hydrogens (primary N) is 1. The Hall–Kier alpha value is -1.93. The maximum absolute atomic E-state index is 13.1. The minimum Gasteiger partial charge on any atom is -0.370 e. The number of halogens is 2. The van der Waals surface area contributed by atoms with Crippen LogP contribution in [0.3, 0.4) is 0 Å². The lowest BCUT2D eigenvalue weighted by Crippen LogP contribution is -2.33. The predicted molar refractivity (Wildman–Crippen MR) is 132 cm³/mol. The Kier molecular flexibility index (Phi) is 10.8. The molecule has 3 N–H and O–H groups in total. The van der Waals surface area contributed by atoms with Crippen LogP contribution in [0.5, 0.6) is 0 Å². The van der Waals surface area contributed by atoms with Gasteiger partial charge in [0, 0.05) is 28.6 Å². The van der Waals surface area contributed by atoms with Crippen molar-refractivity contribution in [3.05, 3.63) is 63.6 Å². The van der Waals surface area contributed by atoms with Gasteiger partial charge in [0.1, 0.15) is 0 Å². The molecule has 180 valence electrons. The molecule has 0 saturated heterocycles. The van der Waals surface area contributed by atoms with Crippen molar-refractivity contribution < 1.29 is 18.0 Å². The molecule has 2 aromatic carbocycles. The van der Waals surface area contributed by atoms with Gasteiger partial charge in [-0.05, 0) is 50.1 Å². The van der Waals surface area contributed by atoms with Gasteiger partial charge in [0.2, 0.25) is 15.9 Å². The third-order valence-electron chi connectivity index (χ3n) is 5.26. The average molecular weight is 513 g/mol. The molecule has 0 spiro atoms. The number of ketones is 1. The molecule has 0 aliphatic carbocycles. The van der Waals surface area contributed by atoms with E-state index in [-0.39, 0.29) is 38.0 Å². The van der Waals surface area contributed by atoms with Crippen LogP contribution in [0.2, 0.25) is 10.0 Å². The fourth-order valence-corrected chi connectivity index (χ4v) is 5.41. The Labute approximate surface area is 205 Å². The van der Waals surface area contributed by atoms with Crippen LogP contribution in [-0.2, 0) is 14.8 Å². The second kappa shape index (κ2) is 13.1. The molecule has 33 heavy (non-hydrogen) atoms. The molecule has 6 nitrogen and oxygen atoms in total. The lowest BCUT2D eigenvalue weighted by molar-refractivity contribution is -0.118. The third kappa shape index (κ3) is 8.74. The minimum atomic E-state index is -3.95. The second-order valence-corrected chi connectivity index (χ2v) is 10.6. The molecule has 0 radical (unpaired) electrons. The highest BCUT2D eigenvalue weighted by molar-refractivity contribution is 7.89. The SMILES string of the molecule is CC(CCCCCCCCC(N)=O)NS(=O)(=O)c1ccc(Cl)cc1C(=O)c1ccccc1Cl. The molecule has 1 atom stereocenters. The van der Waals surface area contributed by atoms with Gasteiger partial charge in [0.25, 0.3) is 0 Å². The zero-order chi connectivity index (χ0) is 24.4. The summed E-state index contributed by atoms with van der Waals surface area (Å²) in [6.07, 6.45) is 6.74. The van der Waals surface area contributed by atoms with Crippen LogP contribution in [0.4, 0.5) is 0 Å². The summed E-state index contributed by atoms with van der Waals surface area (Å²) in [5.41, 5.74) is 5.31. The Balaban J connectivity index is 1.99. The van der Waals surface area contributed by atoms with Gasteiger partial charge in [-0.25, -0.2) is 13.1 Å². The van der Waals surface area contributed by atoms with Crippen molar-refractivity contribution in [1.82, 2.24) is 4.72 Å². The largest absolute Gasteiger partial charge is 0.370 e. The number of carbonyl (C=O) groups is 2. The lowest BCUT2D eigenvalue weighted by Gasteiger charge is -2.16. The van der Waals surface area contributed by atoms with Gasteiger partial charge in [-0.1, -0.05) is 67.4 Å². The minimum absolute atomic E-state index is 0.0220. The molecular formula is C24H30Cl2N2O4S. The van der Waals surface area contributed by atoms with Gasteiger partial charge < -0.3 is 5.73 Å². The molecule has 0 aliphatic heterocycles. The van der Waals surface area contributed by atoms with Gasteiger partial charge in [-0.3, -0.25) is 9.59 Å². The summed E-state index contributed by atoms with van der Waals surface area (Å²) in [5, 5.41) is 0.495. The number of benzene rings is 2. The van der Waals surface area contributed by atoms with E-state index in [0.29, 0.717) is 12.8 Å². The molecule has 0 aliphatic rings. The molecular weight excluding hydrogens is 483 g/mol. The van der Waals surface area contributed by atoms with Crippen LogP contribution in [0, 0.1) is 0 Å². The molecule has 9 heteroatoms. The van der Waals surface area contributed by atoms with E-state index in [2.05, 4.69) is 4.72 Å². The first-order valence-corrected chi connectivity index (χ1v) is 13.2. The van der Waals surface area contributed by atoms with E-state index in [4.69, 9.17) is 28.9 Å². The van der Waals surface area contributed by atoms with Crippen LogP contribution in [0.25, 0.3) is 0 Å². The molecule has 0 saturated carbocycles. The highest BCUT2D eigenvalue weighted by Crippen LogP contribution is 2.26. The van der Waals surface area contributed by atoms with E-state index in [1.165, 1.54) is 18.2 Å².